The van der Waals surface area contributed by atoms with E-state index in [2.05, 4.69) is 21.0 Å². The Morgan fingerprint density at radius 2 is 2.12 bits per heavy atom. The van der Waals surface area contributed by atoms with Gasteiger partial charge in [-0.15, -0.1) is 11.3 Å². The number of anilines is 2. The fourth-order valence-electron chi connectivity index (χ4n) is 3.27. The van der Waals surface area contributed by atoms with Crippen LogP contribution in [0.25, 0.3) is 21.6 Å². The van der Waals surface area contributed by atoms with E-state index in [-0.39, 0.29) is 0 Å². The normalized spacial score (nSPS) is 16.1. The van der Waals surface area contributed by atoms with Gasteiger partial charge in [-0.05, 0) is 43.3 Å². The lowest BCUT2D eigenvalue weighted by molar-refractivity contribution is 0.208. The van der Waals surface area contributed by atoms with Gasteiger partial charge in [0.25, 0.3) is 0 Å². The summed E-state index contributed by atoms with van der Waals surface area (Å²) in [6, 6.07) is 6.39. The minimum Gasteiger partial charge on any atom is -0.392 e. The van der Waals surface area contributed by atoms with E-state index >= 15 is 0 Å². The van der Waals surface area contributed by atoms with Crippen molar-refractivity contribution in [1.82, 2.24) is 15.0 Å². The van der Waals surface area contributed by atoms with Gasteiger partial charge in [0.1, 0.15) is 11.6 Å². The van der Waals surface area contributed by atoms with Crippen LogP contribution in [0.4, 0.5) is 11.6 Å². The monoisotopic (exact) mass is 369 g/mol. The van der Waals surface area contributed by atoms with Crippen LogP contribution in [-0.4, -0.2) is 38.7 Å². The van der Waals surface area contributed by atoms with E-state index in [1.165, 1.54) is 25.7 Å². The molecule has 0 bridgehead atoms. The predicted octanol–water partition coefficient (Wildman–Crippen LogP) is 3.90. The standard InChI is InChI=1S/C19H23N5OS/c1-12(25)11-21-16-10-13(6-8-20-16)18-23-15-7-9-26-17(15)19(24-18)22-14-4-2-3-5-14/h6-10,12,14,25H,2-5,11H2,1H3,(H,20,21)(H,22,23,24)/t12-/m1/s1. The maximum Gasteiger partial charge on any atom is 0.162 e. The second-order valence-corrected chi connectivity index (χ2v) is 7.73. The summed E-state index contributed by atoms with van der Waals surface area (Å²) in [4.78, 5) is 13.9. The van der Waals surface area contributed by atoms with Gasteiger partial charge in [0, 0.05) is 24.3 Å². The first-order valence-electron chi connectivity index (χ1n) is 9.09. The van der Waals surface area contributed by atoms with Gasteiger partial charge in [-0.3, -0.25) is 0 Å². The van der Waals surface area contributed by atoms with Gasteiger partial charge >= 0.3 is 0 Å². The summed E-state index contributed by atoms with van der Waals surface area (Å²) in [5.41, 5.74) is 1.88. The number of pyridine rings is 1. The summed E-state index contributed by atoms with van der Waals surface area (Å²) in [7, 11) is 0. The van der Waals surface area contributed by atoms with Crippen molar-refractivity contribution in [2.45, 2.75) is 44.8 Å². The molecule has 26 heavy (non-hydrogen) atoms. The van der Waals surface area contributed by atoms with Crippen molar-refractivity contribution >= 4 is 33.2 Å². The first-order chi connectivity index (χ1) is 12.7. The number of hydrogen-bond acceptors (Lipinski definition) is 7. The molecule has 0 spiro atoms. The molecule has 3 aromatic heterocycles. The Hall–Kier alpha value is -2.25. The van der Waals surface area contributed by atoms with Gasteiger partial charge in [-0.1, -0.05) is 12.8 Å². The molecule has 1 saturated carbocycles. The van der Waals surface area contributed by atoms with Crippen molar-refractivity contribution in [2.75, 3.05) is 17.2 Å². The van der Waals surface area contributed by atoms with Crippen LogP contribution in [-0.2, 0) is 0 Å². The summed E-state index contributed by atoms with van der Waals surface area (Å²) in [6.45, 7) is 2.20. The number of aromatic nitrogens is 3. The molecule has 0 amide bonds. The molecule has 0 aliphatic heterocycles. The molecule has 1 atom stereocenters. The molecular formula is C19H23N5OS. The molecule has 0 radical (unpaired) electrons. The van der Waals surface area contributed by atoms with Crippen LogP contribution in [0.2, 0.25) is 0 Å². The fourth-order valence-corrected chi connectivity index (χ4v) is 4.06. The van der Waals surface area contributed by atoms with Crippen LogP contribution in [0.3, 0.4) is 0 Å². The van der Waals surface area contributed by atoms with Crippen molar-refractivity contribution in [2.24, 2.45) is 0 Å². The largest absolute Gasteiger partial charge is 0.392 e. The number of fused-ring (bicyclic) bond motifs is 1. The van der Waals surface area contributed by atoms with Gasteiger partial charge in [0.15, 0.2) is 5.82 Å². The Bertz CT molecular complexity index is 889. The zero-order chi connectivity index (χ0) is 17.9. The molecule has 3 aromatic rings. The molecule has 136 valence electrons. The molecule has 7 heteroatoms. The average Bonchev–Trinajstić information content (AvgIpc) is 3.31. The topological polar surface area (TPSA) is 83.0 Å². The number of nitrogens with zero attached hydrogens (tertiary/aromatic N) is 3. The van der Waals surface area contributed by atoms with E-state index < -0.39 is 6.10 Å². The smallest absolute Gasteiger partial charge is 0.162 e. The number of thiophene rings is 1. The Labute approximate surface area is 156 Å². The highest BCUT2D eigenvalue weighted by Gasteiger charge is 2.18. The van der Waals surface area contributed by atoms with Gasteiger partial charge in [-0.25, -0.2) is 15.0 Å². The van der Waals surface area contributed by atoms with Crippen LogP contribution < -0.4 is 10.6 Å². The minimum absolute atomic E-state index is 0.430. The zero-order valence-corrected chi connectivity index (χ0v) is 15.6. The SMILES string of the molecule is C[C@@H](O)CNc1cc(-c2nc(NC3CCCC3)c3sccc3n2)ccn1. The van der Waals surface area contributed by atoms with Crippen LogP contribution in [0.1, 0.15) is 32.6 Å². The van der Waals surface area contributed by atoms with E-state index in [1.54, 1.807) is 24.5 Å². The Morgan fingerprint density at radius 3 is 2.92 bits per heavy atom. The number of aliphatic hydroxyl groups excluding tert-OH is 1. The van der Waals surface area contributed by atoms with Crippen LogP contribution in [0, 0.1) is 0 Å². The predicted molar refractivity (Wildman–Crippen MR) is 107 cm³/mol. The lowest BCUT2D eigenvalue weighted by Crippen LogP contribution is -2.16. The van der Waals surface area contributed by atoms with Crippen LogP contribution in [0.15, 0.2) is 29.8 Å². The summed E-state index contributed by atoms with van der Waals surface area (Å²) in [5, 5.41) is 18.3. The Kier molecular flexibility index (Phi) is 4.99. The molecule has 6 nitrogen and oxygen atoms in total. The number of aliphatic hydroxyl groups is 1. The summed E-state index contributed by atoms with van der Waals surface area (Å²) >= 11 is 1.68. The lowest BCUT2D eigenvalue weighted by Gasteiger charge is -2.14. The van der Waals surface area contributed by atoms with E-state index in [4.69, 9.17) is 9.97 Å². The highest BCUT2D eigenvalue weighted by molar-refractivity contribution is 7.17. The third-order valence-corrected chi connectivity index (χ3v) is 5.51. The first kappa shape index (κ1) is 17.2. The van der Waals surface area contributed by atoms with E-state index in [9.17, 15) is 5.11 Å². The molecule has 1 aliphatic rings. The van der Waals surface area contributed by atoms with Gasteiger partial charge < -0.3 is 15.7 Å². The van der Waals surface area contributed by atoms with Crippen molar-refractivity contribution in [1.29, 1.82) is 0 Å². The third kappa shape index (κ3) is 3.78. The quantitative estimate of drug-likeness (QED) is 0.611. The summed E-state index contributed by atoms with van der Waals surface area (Å²) < 4.78 is 1.11. The second kappa shape index (κ2) is 7.55. The van der Waals surface area contributed by atoms with Gasteiger partial charge in [-0.2, -0.15) is 0 Å². The van der Waals surface area contributed by atoms with E-state index in [0.29, 0.717) is 24.2 Å². The second-order valence-electron chi connectivity index (χ2n) is 6.82. The van der Waals surface area contributed by atoms with Gasteiger partial charge in [0.05, 0.1) is 16.3 Å². The molecule has 4 rings (SSSR count). The van der Waals surface area contributed by atoms with Crippen molar-refractivity contribution in [3.05, 3.63) is 29.8 Å². The molecule has 0 saturated heterocycles. The summed E-state index contributed by atoms with van der Waals surface area (Å²) in [6.07, 6.45) is 6.29. The number of nitrogens with one attached hydrogen (secondary N) is 2. The molecular weight excluding hydrogens is 346 g/mol. The van der Waals surface area contributed by atoms with Crippen molar-refractivity contribution < 1.29 is 5.11 Å². The van der Waals surface area contributed by atoms with Crippen LogP contribution in [0.5, 0.6) is 0 Å². The fraction of sp³-hybridized carbons (Fsp3) is 0.421. The Balaban J connectivity index is 1.66. The maximum atomic E-state index is 9.44. The van der Waals surface area contributed by atoms with E-state index in [1.807, 2.05) is 18.2 Å². The third-order valence-electron chi connectivity index (χ3n) is 4.60. The molecule has 1 fully saturated rings. The molecule has 3 N–H and O–H groups in total. The molecule has 0 aromatic carbocycles. The summed E-state index contributed by atoms with van der Waals surface area (Å²) in [5.74, 6) is 2.34. The maximum absolute atomic E-state index is 9.44. The highest BCUT2D eigenvalue weighted by Crippen LogP contribution is 2.31. The first-order valence-corrected chi connectivity index (χ1v) is 9.97. The lowest BCUT2D eigenvalue weighted by atomic mass is 10.2. The molecule has 0 unspecified atom stereocenters. The zero-order valence-electron chi connectivity index (χ0n) is 14.8. The van der Waals surface area contributed by atoms with Gasteiger partial charge in [0.2, 0.25) is 0 Å². The minimum atomic E-state index is -0.430. The Morgan fingerprint density at radius 1 is 1.27 bits per heavy atom. The average molecular weight is 369 g/mol. The van der Waals surface area contributed by atoms with Crippen LogP contribution >= 0.6 is 11.3 Å². The number of rotatable bonds is 6. The van der Waals surface area contributed by atoms with Crippen molar-refractivity contribution in [3.8, 4) is 11.4 Å². The van der Waals surface area contributed by atoms with Crippen molar-refractivity contribution in [3.63, 3.8) is 0 Å². The number of hydrogen-bond donors (Lipinski definition) is 3. The molecule has 3 heterocycles. The molecule has 1 aliphatic carbocycles. The van der Waals surface area contributed by atoms with E-state index in [0.717, 1.165) is 21.6 Å². The highest BCUT2D eigenvalue weighted by atomic mass is 32.1.